The molecule has 0 bridgehead atoms. The van der Waals surface area contributed by atoms with Crippen LogP contribution in [0.3, 0.4) is 0 Å². The number of pyridine rings is 1. The van der Waals surface area contributed by atoms with Gasteiger partial charge in [0.15, 0.2) is 0 Å². The lowest BCUT2D eigenvalue weighted by molar-refractivity contribution is 0.473. The van der Waals surface area contributed by atoms with Crippen molar-refractivity contribution in [1.29, 1.82) is 5.26 Å². The van der Waals surface area contributed by atoms with Crippen molar-refractivity contribution in [2.75, 3.05) is 0 Å². The Balaban J connectivity index is 2.50. The van der Waals surface area contributed by atoms with Gasteiger partial charge < -0.3 is 5.11 Å². The molecule has 78 valence electrons. The number of nitriles is 1. The average molecular weight is 231 g/mol. The highest BCUT2D eigenvalue weighted by Crippen LogP contribution is 2.26. The van der Waals surface area contributed by atoms with Crippen LogP contribution in [-0.4, -0.2) is 10.1 Å². The maximum absolute atomic E-state index is 9.30. The van der Waals surface area contributed by atoms with E-state index in [0.29, 0.717) is 10.6 Å². The Hall–Kier alpha value is -2.05. The van der Waals surface area contributed by atoms with Crippen LogP contribution in [0.15, 0.2) is 36.7 Å². The summed E-state index contributed by atoms with van der Waals surface area (Å²) < 4.78 is 0. The lowest BCUT2D eigenvalue weighted by Gasteiger charge is -2.03. The molecule has 1 aromatic heterocycles. The fourth-order valence-electron chi connectivity index (χ4n) is 1.37. The first-order chi connectivity index (χ1) is 7.70. The molecule has 1 N–H and O–H groups in total. The van der Waals surface area contributed by atoms with Crippen LogP contribution in [0.5, 0.6) is 5.75 Å². The molecule has 0 fully saturated rings. The third-order valence-electron chi connectivity index (χ3n) is 2.15. The van der Waals surface area contributed by atoms with Gasteiger partial charge >= 0.3 is 0 Å². The largest absolute Gasteiger partial charge is 0.506 e. The molecule has 2 rings (SSSR count). The minimum Gasteiger partial charge on any atom is -0.506 e. The predicted octanol–water partition coefficient (Wildman–Crippen LogP) is 2.98. The monoisotopic (exact) mass is 230 g/mol. The van der Waals surface area contributed by atoms with E-state index in [2.05, 4.69) is 4.98 Å². The summed E-state index contributed by atoms with van der Waals surface area (Å²) in [5.74, 6) is 0.0954. The summed E-state index contributed by atoms with van der Waals surface area (Å²) >= 11 is 5.91. The van der Waals surface area contributed by atoms with Crippen LogP contribution < -0.4 is 0 Å². The van der Waals surface area contributed by atoms with E-state index in [1.807, 2.05) is 6.07 Å². The lowest BCUT2D eigenvalue weighted by atomic mass is 10.1. The van der Waals surface area contributed by atoms with Crippen LogP contribution in [0.25, 0.3) is 11.1 Å². The molecule has 16 heavy (non-hydrogen) atoms. The van der Waals surface area contributed by atoms with Crippen molar-refractivity contribution in [1.82, 2.24) is 4.98 Å². The molecule has 0 unspecified atom stereocenters. The Morgan fingerprint density at radius 1 is 1.19 bits per heavy atom. The number of halogens is 1. The normalized spacial score (nSPS) is 9.75. The second-order valence-corrected chi connectivity index (χ2v) is 3.65. The van der Waals surface area contributed by atoms with E-state index < -0.39 is 0 Å². The SMILES string of the molecule is N#Cc1ccc(-c2cncc(O)c2)cc1Cl. The van der Waals surface area contributed by atoms with Crippen molar-refractivity contribution >= 4 is 11.6 Å². The zero-order chi connectivity index (χ0) is 11.5. The molecule has 0 spiro atoms. The molecule has 0 aliphatic rings. The summed E-state index contributed by atoms with van der Waals surface area (Å²) in [4.78, 5) is 3.87. The summed E-state index contributed by atoms with van der Waals surface area (Å²) in [5, 5.41) is 18.4. The first-order valence-electron chi connectivity index (χ1n) is 4.55. The first-order valence-corrected chi connectivity index (χ1v) is 4.92. The Morgan fingerprint density at radius 3 is 2.62 bits per heavy atom. The van der Waals surface area contributed by atoms with Gasteiger partial charge in [-0.15, -0.1) is 0 Å². The Morgan fingerprint density at radius 2 is 2.00 bits per heavy atom. The molecule has 0 saturated carbocycles. The Kier molecular flexibility index (Phi) is 2.76. The van der Waals surface area contributed by atoms with Gasteiger partial charge in [-0.1, -0.05) is 17.7 Å². The standard InChI is InChI=1S/C12H7ClN2O/c13-12-4-8(1-2-9(12)5-14)10-3-11(16)7-15-6-10/h1-4,6-7,16H. The maximum atomic E-state index is 9.30. The second kappa shape index (κ2) is 4.21. The second-order valence-electron chi connectivity index (χ2n) is 3.24. The highest BCUT2D eigenvalue weighted by atomic mass is 35.5. The number of benzene rings is 1. The molecule has 0 atom stereocenters. The van der Waals surface area contributed by atoms with E-state index in [0.717, 1.165) is 11.1 Å². The average Bonchev–Trinajstić information content (AvgIpc) is 2.29. The topological polar surface area (TPSA) is 56.9 Å². The molecule has 0 amide bonds. The van der Waals surface area contributed by atoms with Crippen molar-refractivity contribution in [3.05, 3.63) is 47.2 Å². The molecular weight excluding hydrogens is 224 g/mol. The van der Waals surface area contributed by atoms with E-state index >= 15 is 0 Å². The summed E-state index contributed by atoms with van der Waals surface area (Å²) in [6.07, 6.45) is 2.98. The van der Waals surface area contributed by atoms with Crippen LogP contribution >= 0.6 is 11.6 Å². The molecule has 3 nitrogen and oxygen atoms in total. The lowest BCUT2D eigenvalue weighted by Crippen LogP contribution is -1.82. The summed E-state index contributed by atoms with van der Waals surface area (Å²) in [6.45, 7) is 0. The Bertz CT molecular complexity index is 575. The van der Waals surface area contributed by atoms with Crippen molar-refractivity contribution in [3.8, 4) is 22.9 Å². The fraction of sp³-hybridized carbons (Fsp3) is 0. The fourth-order valence-corrected chi connectivity index (χ4v) is 1.59. The molecule has 0 radical (unpaired) electrons. The first kappa shape index (κ1) is 10.5. The van der Waals surface area contributed by atoms with Gasteiger partial charge in [-0.2, -0.15) is 5.26 Å². The zero-order valence-corrected chi connectivity index (χ0v) is 8.94. The number of rotatable bonds is 1. The van der Waals surface area contributed by atoms with Gasteiger partial charge in [-0.3, -0.25) is 4.98 Å². The molecule has 2 aromatic rings. The van der Waals surface area contributed by atoms with E-state index in [1.54, 1.807) is 30.5 Å². The van der Waals surface area contributed by atoms with Crippen LogP contribution in [0.1, 0.15) is 5.56 Å². The van der Waals surface area contributed by atoms with Gasteiger partial charge in [0.1, 0.15) is 11.8 Å². The minimum atomic E-state index is 0.0954. The molecular formula is C12H7ClN2O. The maximum Gasteiger partial charge on any atom is 0.134 e. The third kappa shape index (κ3) is 1.97. The molecule has 0 aliphatic carbocycles. The number of nitrogens with zero attached hydrogens (tertiary/aromatic N) is 2. The number of aromatic nitrogens is 1. The van der Waals surface area contributed by atoms with Gasteiger partial charge in [-0.25, -0.2) is 0 Å². The molecule has 0 saturated heterocycles. The van der Waals surface area contributed by atoms with Crippen molar-refractivity contribution < 1.29 is 5.11 Å². The summed E-state index contributed by atoms with van der Waals surface area (Å²) in [6, 6.07) is 8.66. The molecule has 4 heteroatoms. The van der Waals surface area contributed by atoms with Crippen LogP contribution in [-0.2, 0) is 0 Å². The van der Waals surface area contributed by atoms with E-state index in [9.17, 15) is 5.11 Å². The minimum absolute atomic E-state index is 0.0954. The summed E-state index contributed by atoms with van der Waals surface area (Å²) in [7, 11) is 0. The van der Waals surface area contributed by atoms with Crippen molar-refractivity contribution in [2.24, 2.45) is 0 Å². The number of aromatic hydroxyl groups is 1. The van der Waals surface area contributed by atoms with Crippen LogP contribution in [0.4, 0.5) is 0 Å². The smallest absolute Gasteiger partial charge is 0.134 e. The van der Waals surface area contributed by atoms with Gasteiger partial charge in [0.2, 0.25) is 0 Å². The summed E-state index contributed by atoms with van der Waals surface area (Å²) in [5.41, 5.74) is 2.00. The number of hydrogen-bond donors (Lipinski definition) is 1. The predicted molar refractivity (Wildman–Crippen MR) is 61.1 cm³/mol. The third-order valence-corrected chi connectivity index (χ3v) is 2.46. The molecule has 0 aliphatic heterocycles. The molecule has 1 aromatic carbocycles. The van der Waals surface area contributed by atoms with Gasteiger partial charge in [0, 0.05) is 11.8 Å². The van der Waals surface area contributed by atoms with Gasteiger partial charge in [0.25, 0.3) is 0 Å². The van der Waals surface area contributed by atoms with E-state index in [1.165, 1.54) is 6.20 Å². The van der Waals surface area contributed by atoms with Gasteiger partial charge in [0.05, 0.1) is 16.8 Å². The van der Waals surface area contributed by atoms with Gasteiger partial charge in [-0.05, 0) is 23.8 Å². The number of hydrogen-bond acceptors (Lipinski definition) is 3. The van der Waals surface area contributed by atoms with Crippen molar-refractivity contribution in [3.63, 3.8) is 0 Å². The van der Waals surface area contributed by atoms with E-state index in [4.69, 9.17) is 16.9 Å². The zero-order valence-electron chi connectivity index (χ0n) is 8.18. The highest BCUT2D eigenvalue weighted by Gasteiger charge is 2.04. The Labute approximate surface area is 97.6 Å². The van der Waals surface area contributed by atoms with E-state index in [-0.39, 0.29) is 5.75 Å². The van der Waals surface area contributed by atoms with Crippen molar-refractivity contribution in [2.45, 2.75) is 0 Å². The molecule has 1 heterocycles. The highest BCUT2D eigenvalue weighted by molar-refractivity contribution is 6.32. The quantitative estimate of drug-likeness (QED) is 0.819. The van der Waals surface area contributed by atoms with Crippen LogP contribution in [0, 0.1) is 11.3 Å². The van der Waals surface area contributed by atoms with Crippen LogP contribution in [0.2, 0.25) is 5.02 Å².